The number of fused-ring (bicyclic) bond motifs is 1. The van der Waals surface area contributed by atoms with E-state index in [1.165, 1.54) is 0 Å². The van der Waals surface area contributed by atoms with E-state index in [1.54, 1.807) is 12.1 Å². The van der Waals surface area contributed by atoms with E-state index in [1.807, 2.05) is 77.4 Å². The van der Waals surface area contributed by atoms with Crippen LogP contribution in [0.2, 0.25) is 0 Å². The standard InChI is InChI=1S/C22H19N3O2/c26-21(17-9-3-1-4-10-17)24-22-23-19-13-7-8-14-20(19)25(22)15-16-27-18-11-5-2-6-12-18/h1-14H,15-16H2,(H,23,24,26). The zero-order valence-corrected chi connectivity index (χ0v) is 14.7. The van der Waals surface area contributed by atoms with E-state index < -0.39 is 0 Å². The summed E-state index contributed by atoms with van der Waals surface area (Å²) in [5.74, 6) is 1.15. The Kier molecular flexibility index (Phi) is 4.83. The van der Waals surface area contributed by atoms with E-state index >= 15 is 0 Å². The maximum absolute atomic E-state index is 12.5. The van der Waals surface area contributed by atoms with Crippen molar-refractivity contribution in [3.05, 3.63) is 90.5 Å². The van der Waals surface area contributed by atoms with Gasteiger partial charge in [0.2, 0.25) is 5.95 Å². The fraction of sp³-hybridized carbons (Fsp3) is 0.0909. The van der Waals surface area contributed by atoms with E-state index in [2.05, 4.69) is 10.3 Å². The van der Waals surface area contributed by atoms with Gasteiger partial charge in [0.1, 0.15) is 12.4 Å². The Morgan fingerprint density at radius 3 is 2.33 bits per heavy atom. The summed E-state index contributed by atoms with van der Waals surface area (Å²) in [6, 6.07) is 26.6. The Balaban J connectivity index is 1.56. The number of anilines is 1. The van der Waals surface area contributed by atoms with Crippen LogP contribution in [-0.2, 0) is 6.54 Å². The summed E-state index contributed by atoms with van der Waals surface area (Å²) in [6.45, 7) is 1.04. The van der Waals surface area contributed by atoms with Gasteiger partial charge < -0.3 is 9.30 Å². The van der Waals surface area contributed by atoms with Gasteiger partial charge in [0.15, 0.2) is 0 Å². The molecule has 1 heterocycles. The van der Waals surface area contributed by atoms with Crippen molar-refractivity contribution in [2.45, 2.75) is 6.54 Å². The van der Waals surface area contributed by atoms with Crippen LogP contribution in [0.25, 0.3) is 11.0 Å². The lowest BCUT2D eigenvalue weighted by atomic mass is 10.2. The molecule has 1 aromatic heterocycles. The number of rotatable bonds is 6. The number of amides is 1. The highest BCUT2D eigenvalue weighted by molar-refractivity contribution is 6.04. The summed E-state index contributed by atoms with van der Waals surface area (Å²) in [5, 5.41) is 2.92. The fourth-order valence-corrected chi connectivity index (χ4v) is 2.93. The highest BCUT2D eigenvalue weighted by Crippen LogP contribution is 2.20. The average Bonchev–Trinajstić information content (AvgIpc) is 3.07. The molecule has 27 heavy (non-hydrogen) atoms. The zero-order chi connectivity index (χ0) is 18.5. The number of imidazole rings is 1. The van der Waals surface area contributed by atoms with E-state index in [4.69, 9.17) is 4.74 Å². The van der Waals surface area contributed by atoms with Gasteiger partial charge in [0, 0.05) is 5.56 Å². The number of aromatic nitrogens is 2. The second-order valence-corrected chi connectivity index (χ2v) is 6.06. The van der Waals surface area contributed by atoms with Crippen LogP contribution < -0.4 is 10.1 Å². The lowest BCUT2D eigenvalue weighted by Gasteiger charge is -2.11. The summed E-state index contributed by atoms with van der Waals surface area (Å²) in [7, 11) is 0. The van der Waals surface area contributed by atoms with Crippen molar-refractivity contribution in [2.75, 3.05) is 11.9 Å². The SMILES string of the molecule is O=C(Nc1nc2ccccc2n1CCOc1ccccc1)c1ccccc1. The minimum absolute atomic E-state index is 0.184. The lowest BCUT2D eigenvalue weighted by molar-refractivity contribution is 0.102. The van der Waals surface area contributed by atoms with Crippen LogP contribution in [0.3, 0.4) is 0 Å². The number of nitrogens with one attached hydrogen (secondary N) is 1. The van der Waals surface area contributed by atoms with Crippen molar-refractivity contribution < 1.29 is 9.53 Å². The van der Waals surface area contributed by atoms with Gasteiger partial charge in [0.25, 0.3) is 5.91 Å². The van der Waals surface area contributed by atoms with Crippen molar-refractivity contribution in [2.24, 2.45) is 0 Å². The van der Waals surface area contributed by atoms with E-state index in [0.717, 1.165) is 16.8 Å². The molecule has 0 saturated heterocycles. The third-order valence-electron chi connectivity index (χ3n) is 4.24. The number of benzene rings is 3. The molecule has 0 fully saturated rings. The molecule has 0 aliphatic heterocycles. The number of carbonyl (C=O) groups is 1. The molecule has 1 amide bonds. The van der Waals surface area contributed by atoms with Gasteiger partial charge in [-0.15, -0.1) is 0 Å². The summed E-state index contributed by atoms with van der Waals surface area (Å²) in [4.78, 5) is 17.1. The topological polar surface area (TPSA) is 56.2 Å². The summed E-state index contributed by atoms with van der Waals surface area (Å²) < 4.78 is 7.78. The van der Waals surface area contributed by atoms with Gasteiger partial charge in [-0.1, -0.05) is 48.5 Å². The predicted octanol–water partition coefficient (Wildman–Crippen LogP) is 4.37. The monoisotopic (exact) mass is 357 g/mol. The molecule has 0 saturated carbocycles. The van der Waals surface area contributed by atoms with Crippen LogP contribution >= 0.6 is 0 Å². The first-order valence-electron chi connectivity index (χ1n) is 8.81. The smallest absolute Gasteiger partial charge is 0.257 e. The summed E-state index contributed by atoms with van der Waals surface area (Å²) >= 11 is 0. The molecule has 5 heteroatoms. The van der Waals surface area contributed by atoms with Crippen LogP contribution in [0.5, 0.6) is 5.75 Å². The van der Waals surface area contributed by atoms with Crippen LogP contribution in [0, 0.1) is 0 Å². The van der Waals surface area contributed by atoms with Crippen molar-refractivity contribution in [3.63, 3.8) is 0 Å². The maximum atomic E-state index is 12.5. The fourth-order valence-electron chi connectivity index (χ4n) is 2.93. The first kappa shape index (κ1) is 16.8. The molecule has 3 aromatic carbocycles. The molecule has 0 bridgehead atoms. The molecule has 0 unspecified atom stereocenters. The largest absolute Gasteiger partial charge is 0.492 e. The highest BCUT2D eigenvalue weighted by atomic mass is 16.5. The normalized spacial score (nSPS) is 10.7. The third kappa shape index (κ3) is 3.82. The molecular weight excluding hydrogens is 338 g/mol. The number of nitrogens with zero attached hydrogens (tertiary/aromatic N) is 2. The third-order valence-corrected chi connectivity index (χ3v) is 4.24. The minimum atomic E-state index is -0.184. The molecule has 0 atom stereocenters. The molecule has 4 aromatic rings. The van der Waals surface area contributed by atoms with Gasteiger partial charge in [-0.25, -0.2) is 4.98 Å². The zero-order valence-electron chi connectivity index (χ0n) is 14.7. The van der Waals surface area contributed by atoms with Gasteiger partial charge in [-0.2, -0.15) is 0 Å². The van der Waals surface area contributed by atoms with E-state index in [-0.39, 0.29) is 5.91 Å². The Labute approximate surface area is 157 Å². The first-order chi connectivity index (χ1) is 13.3. The Morgan fingerprint density at radius 2 is 1.56 bits per heavy atom. The summed E-state index contributed by atoms with van der Waals surface area (Å²) in [6.07, 6.45) is 0. The second-order valence-electron chi connectivity index (χ2n) is 6.06. The van der Waals surface area contributed by atoms with E-state index in [0.29, 0.717) is 24.7 Å². The number of hydrogen-bond donors (Lipinski definition) is 1. The van der Waals surface area contributed by atoms with Gasteiger partial charge in [-0.05, 0) is 36.4 Å². The van der Waals surface area contributed by atoms with Crippen LogP contribution in [0.15, 0.2) is 84.9 Å². The van der Waals surface area contributed by atoms with Gasteiger partial charge >= 0.3 is 0 Å². The Hall–Kier alpha value is -3.60. The van der Waals surface area contributed by atoms with Gasteiger partial charge in [-0.3, -0.25) is 10.1 Å². The second kappa shape index (κ2) is 7.74. The van der Waals surface area contributed by atoms with Crippen LogP contribution in [0.1, 0.15) is 10.4 Å². The number of carbonyl (C=O) groups excluding carboxylic acids is 1. The molecule has 0 spiro atoms. The highest BCUT2D eigenvalue weighted by Gasteiger charge is 2.14. The van der Waals surface area contributed by atoms with Crippen LogP contribution in [-0.4, -0.2) is 22.1 Å². The number of para-hydroxylation sites is 3. The quantitative estimate of drug-likeness (QED) is 0.557. The van der Waals surface area contributed by atoms with Gasteiger partial charge in [0.05, 0.1) is 17.6 Å². The lowest BCUT2D eigenvalue weighted by Crippen LogP contribution is -2.17. The molecule has 134 valence electrons. The molecule has 0 aliphatic rings. The molecule has 4 rings (SSSR count). The number of ether oxygens (including phenoxy) is 1. The van der Waals surface area contributed by atoms with Crippen molar-refractivity contribution in [1.29, 1.82) is 0 Å². The van der Waals surface area contributed by atoms with E-state index in [9.17, 15) is 4.79 Å². The average molecular weight is 357 g/mol. The minimum Gasteiger partial charge on any atom is -0.492 e. The van der Waals surface area contributed by atoms with Crippen molar-refractivity contribution in [3.8, 4) is 5.75 Å². The maximum Gasteiger partial charge on any atom is 0.257 e. The Bertz CT molecular complexity index is 1040. The van der Waals surface area contributed by atoms with Crippen molar-refractivity contribution >= 4 is 22.9 Å². The molecule has 5 nitrogen and oxygen atoms in total. The van der Waals surface area contributed by atoms with Crippen molar-refractivity contribution in [1.82, 2.24) is 9.55 Å². The summed E-state index contributed by atoms with van der Waals surface area (Å²) in [5.41, 5.74) is 2.38. The molecule has 1 N–H and O–H groups in total. The molecule has 0 aliphatic carbocycles. The number of hydrogen-bond acceptors (Lipinski definition) is 3. The van der Waals surface area contributed by atoms with Crippen LogP contribution in [0.4, 0.5) is 5.95 Å². The molecular formula is C22H19N3O2. The Morgan fingerprint density at radius 1 is 0.889 bits per heavy atom. The molecule has 0 radical (unpaired) electrons. The predicted molar refractivity (Wildman–Crippen MR) is 106 cm³/mol. The first-order valence-corrected chi connectivity index (χ1v) is 8.81.